The highest BCUT2D eigenvalue weighted by atomic mass is 19.1. The number of amides is 1. The monoisotopic (exact) mass is 224 g/mol. The van der Waals surface area contributed by atoms with Crippen LogP contribution in [0.1, 0.15) is 17.3 Å². The molecular formula is C11H10F2N2O. The number of halogens is 2. The van der Waals surface area contributed by atoms with Gasteiger partial charge in [0.15, 0.2) is 0 Å². The standard InChI is InChI=1S/C11H10F2N2O/c1-7(5-14)6-15-11(16)8-2-9(12)4-10(13)3-8/h2-4,7H,6H2,1H3,(H,15,16). The molecule has 0 aromatic heterocycles. The molecule has 0 saturated carbocycles. The number of nitrogens with zero attached hydrogens (tertiary/aromatic N) is 1. The summed E-state index contributed by atoms with van der Waals surface area (Å²) < 4.78 is 25.6. The molecule has 1 rings (SSSR count). The van der Waals surface area contributed by atoms with E-state index in [1.165, 1.54) is 0 Å². The van der Waals surface area contributed by atoms with E-state index in [-0.39, 0.29) is 18.0 Å². The summed E-state index contributed by atoms with van der Waals surface area (Å²) in [6.07, 6.45) is 0. The average molecular weight is 224 g/mol. The highest BCUT2D eigenvalue weighted by Crippen LogP contribution is 2.07. The van der Waals surface area contributed by atoms with Crippen molar-refractivity contribution in [2.75, 3.05) is 6.54 Å². The van der Waals surface area contributed by atoms with E-state index in [2.05, 4.69) is 5.32 Å². The number of nitrogens with one attached hydrogen (secondary N) is 1. The van der Waals surface area contributed by atoms with E-state index in [9.17, 15) is 13.6 Å². The van der Waals surface area contributed by atoms with E-state index in [4.69, 9.17) is 5.26 Å². The van der Waals surface area contributed by atoms with Gasteiger partial charge in [0.25, 0.3) is 5.91 Å². The van der Waals surface area contributed by atoms with Gasteiger partial charge < -0.3 is 5.32 Å². The lowest BCUT2D eigenvalue weighted by Crippen LogP contribution is -2.27. The molecule has 0 saturated heterocycles. The summed E-state index contributed by atoms with van der Waals surface area (Å²) in [7, 11) is 0. The summed E-state index contributed by atoms with van der Waals surface area (Å²) >= 11 is 0. The third kappa shape index (κ3) is 3.31. The second-order valence-electron chi connectivity index (χ2n) is 3.40. The molecule has 16 heavy (non-hydrogen) atoms. The number of hydrogen-bond donors (Lipinski definition) is 1. The molecule has 84 valence electrons. The van der Waals surface area contributed by atoms with Crippen LogP contribution in [0.25, 0.3) is 0 Å². The van der Waals surface area contributed by atoms with Crippen molar-refractivity contribution in [3.63, 3.8) is 0 Å². The van der Waals surface area contributed by atoms with Crippen molar-refractivity contribution >= 4 is 5.91 Å². The lowest BCUT2D eigenvalue weighted by Gasteiger charge is -2.06. The zero-order chi connectivity index (χ0) is 12.1. The van der Waals surface area contributed by atoms with Gasteiger partial charge in [-0.1, -0.05) is 0 Å². The van der Waals surface area contributed by atoms with Gasteiger partial charge in [0, 0.05) is 18.2 Å². The molecule has 1 amide bonds. The summed E-state index contributed by atoms with van der Waals surface area (Å²) in [5.41, 5.74) is -0.0948. The molecule has 0 heterocycles. The fourth-order valence-corrected chi connectivity index (χ4v) is 1.08. The largest absolute Gasteiger partial charge is 0.351 e. The minimum atomic E-state index is -0.807. The predicted octanol–water partition coefficient (Wildman–Crippen LogP) is 1.85. The minimum Gasteiger partial charge on any atom is -0.351 e. The first-order valence-corrected chi connectivity index (χ1v) is 4.67. The molecule has 1 aromatic rings. The van der Waals surface area contributed by atoms with Crippen LogP contribution in [0, 0.1) is 28.9 Å². The zero-order valence-electron chi connectivity index (χ0n) is 8.63. The van der Waals surface area contributed by atoms with E-state index < -0.39 is 17.5 Å². The van der Waals surface area contributed by atoms with Crippen LogP contribution in [-0.2, 0) is 0 Å². The molecule has 3 nitrogen and oxygen atoms in total. The van der Waals surface area contributed by atoms with Crippen LogP contribution in [0.3, 0.4) is 0 Å². The summed E-state index contributed by atoms with van der Waals surface area (Å²) in [4.78, 5) is 11.4. The number of nitriles is 1. The van der Waals surface area contributed by atoms with E-state index >= 15 is 0 Å². The first kappa shape index (κ1) is 12.1. The Balaban J connectivity index is 2.70. The Kier molecular flexibility index (Phi) is 3.95. The van der Waals surface area contributed by atoms with Crippen LogP contribution in [0.2, 0.25) is 0 Å². The predicted molar refractivity (Wildman–Crippen MR) is 53.5 cm³/mol. The second-order valence-corrected chi connectivity index (χ2v) is 3.40. The highest BCUT2D eigenvalue weighted by molar-refractivity contribution is 5.94. The van der Waals surface area contributed by atoms with Gasteiger partial charge in [-0.15, -0.1) is 0 Å². The molecule has 0 aliphatic carbocycles. The maximum atomic E-state index is 12.8. The van der Waals surface area contributed by atoms with Gasteiger partial charge in [-0.3, -0.25) is 4.79 Å². The zero-order valence-corrected chi connectivity index (χ0v) is 8.63. The Morgan fingerprint density at radius 3 is 2.50 bits per heavy atom. The smallest absolute Gasteiger partial charge is 0.251 e. The number of hydrogen-bond acceptors (Lipinski definition) is 2. The van der Waals surface area contributed by atoms with Gasteiger partial charge in [0.2, 0.25) is 0 Å². The lowest BCUT2D eigenvalue weighted by atomic mass is 10.1. The van der Waals surface area contributed by atoms with Crippen molar-refractivity contribution in [2.45, 2.75) is 6.92 Å². The van der Waals surface area contributed by atoms with Crippen LogP contribution in [0.15, 0.2) is 18.2 Å². The molecule has 0 bridgehead atoms. The van der Waals surface area contributed by atoms with Gasteiger partial charge in [0.1, 0.15) is 11.6 Å². The third-order valence-electron chi connectivity index (χ3n) is 1.91. The van der Waals surface area contributed by atoms with Crippen molar-refractivity contribution in [2.24, 2.45) is 5.92 Å². The van der Waals surface area contributed by atoms with E-state index in [1.807, 2.05) is 6.07 Å². The highest BCUT2D eigenvalue weighted by Gasteiger charge is 2.09. The molecule has 1 aromatic carbocycles. The van der Waals surface area contributed by atoms with Crippen LogP contribution in [0.4, 0.5) is 8.78 Å². The van der Waals surface area contributed by atoms with Gasteiger partial charge in [0.05, 0.1) is 12.0 Å². The Morgan fingerprint density at radius 1 is 1.44 bits per heavy atom. The molecule has 1 atom stereocenters. The molecule has 5 heteroatoms. The van der Waals surface area contributed by atoms with Crippen molar-refractivity contribution < 1.29 is 13.6 Å². The second kappa shape index (κ2) is 5.21. The van der Waals surface area contributed by atoms with Crippen LogP contribution >= 0.6 is 0 Å². The minimum absolute atomic E-state index is 0.0948. The average Bonchev–Trinajstić information content (AvgIpc) is 2.23. The van der Waals surface area contributed by atoms with Crippen LogP contribution in [-0.4, -0.2) is 12.5 Å². The molecule has 0 aliphatic rings. The fourth-order valence-electron chi connectivity index (χ4n) is 1.08. The maximum Gasteiger partial charge on any atom is 0.251 e. The normalized spacial score (nSPS) is 11.6. The van der Waals surface area contributed by atoms with Crippen molar-refractivity contribution in [3.05, 3.63) is 35.4 Å². The van der Waals surface area contributed by atoms with Crippen molar-refractivity contribution in [1.29, 1.82) is 5.26 Å². The summed E-state index contributed by atoms with van der Waals surface area (Å²) in [5, 5.41) is 10.9. The van der Waals surface area contributed by atoms with E-state index in [0.29, 0.717) is 6.07 Å². The third-order valence-corrected chi connectivity index (χ3v) is 1.91. The molecule has 0 fully saturated rings. The van der Waals surface area contributed by atoms with Crippen LogP contribution in [0.5, 0.6) is 0 Å². The quantitative estimate of drug-likeness (QED) is 0.851. The Bertz CT molecular complexity index is 420. The molecule has 1 N–H and O–H groups in total. The molecule has 1 unspecified atom stereocenters. The van der Waals surface area contributed by atoms with E-state index in [1.54, 1.807) is 6.92 Å². The summed E-state index contributed by atoms with van der Waals surface area (Å²) in [5.74, 6) is -2.56. The number of carbonyl (C=O) groups is 1. The Hall–Kier alpha value is -1.96. The van der Waals surface area contributed by atoms with Gasteiger partial charge >= 0.3 is 0 Å². The van der Waals surface area contributed by atoms with Crippen molar-refractivity contribution in [3.8, 4) is 6.07 Å². The first-order chi connectivity index (χ1) is 7.52. The Labute approximate surface area is 91.7 Å². The SMILES string of the molecule is CC(C#N)CNC(=O)c1cc(F)cc(F)c1. The number of benzene rings is 1. The Morgan fingerprint density at radius 2 is 2.00 bits per heavy atom. The first-order valence-electron chi connectivity index (χ1n) is 4.67. The van der Waals surface area contributed by atoms with Gasteiger partial charge in [-0.25, -0.2) is 8.78 Å². The molecule has 0 aliphatic heterocycles. The molecular weight excluding hydrogens is 214 g/mol. The molecule has 0 spiro atoms. The van der Waals surface area contributed by atoms with Crippen LogP contribution < -0.4 is 5.32 Å². The maximum absolute atomic E-state index is 12.8. The van der Waals surface area contributed by atoms with Gasteiger partial charge in [-0.05, 0) is 19.1 Å². The fraction of sp³-hybridized carbons (Fsp3) is 0.273. The van der Waals surface area contributed by atoms with Gasteiger partial charge in [-0.2, -0.15) is 5.26 Å². The topological polar surface area (TPSA) is 52.9 Å². The van der Waals surface area contributed by atoms with E-state index in [0.717, 1.165) is 12.1 Å². The summed E-state index contributed by atoms with van der Waals surface area (Å²) in [6.45, 7) is 1.78. The number of rotatable bonds is 3. The van der Waals surface area contributed by atoms with Crippen molar-refractivity contribution in [1.82, 2.24) is 5.32 Å². The lowest BCUT2D eigenvalue weighted by molar-refractivity contribution is 0.0950. The molecule has 0 radical (unpaired) electrons. The number of carbonyl (C=O) groups excluding carboxylic acids is 1. The summed E-state index contributed by atoms with van der Waals surface area (Å²) in [6, 6.07) is 4.50.